The molecule has 0 spiro atoms. The van der Waals surface area contributed by atoms with E-state index >= 15 is 0 Å². The highest BCUT2D eigenvalue weighted by atomic mass is 79.9. The van der Waals surface area contributed by atoms with Gasteiger partial charge in [-0.3, -0.25) is 4.79 Å². The predicted molar refractivity (Wildman–Crippen MR) is 97.1 cm³/mol. The summed E-state index contributed by atoms with van der Waals surface area (Å²) in [6.45, 7) is 1.36. The maximum Gasteiger partial charge on any atom is 0.342 e. The smallest absolute Gasteiger partial charge is 0.342 e. The van der Waals surface area contributed by atoms with Gasteiger partial charge in [0.25, 0.3) is 5.91 Å². The molecule has 2 aromatic carbocycles. The molecule has 1 unspecified atom stereocenters. The number of nitrogens with two attached hydrogens (primary N) is 1. The number of halogens is 1. The number of ether oxygens (including phenoxy) is 1. The van der Waals surface area contributed by atoms with E-state index in [1.807, 2.05) is 0 Å². The second kappa shape index (κ2) is 7.85. The molecule has 0 fully saturated rings. The predicted octanol–water partition coefficient (Wildman–Crippen LogP) is 1.99. The molecule has 0 aliphatic carbocycles. The van der Waals surface area contributed by atoms with Crippen molar-refractivity contribution in [2.45, 2.75) is 17.9 Å². The number of carbonyl (C=O) groups excluding carboxylic acids is 2. The summed E-state index contributed by atoms with van der Waals surface area (Å²) in [7, 11) is -3.83. The van der Waals surface area contributed by atoms with Gasteiger partial charge in [-0.1, -0.05) is 15.9 Å². The number of benzene rings is 2. The first-order chi connectivity index (χ1) is 12.1. The van der Waals surface area contributed by atoms with Crippen LogP contribution in [0.3, 0.4) is 0 Å². The molecule has 0 saturated heterocycles. The van der Waals surface area contributed by atoms with Crippen molar-refractivity contribution in [3.63, 3.8) is 0 Å². The number of sulfonamides is 1. The molecule has 0 bridgehead atoms. The van der Waals surface area contributed by atoms with Gasteiger partial charge in [0.2, 0.25) is 10.0 Å². The molecule has 1 atom stereocenters. The molecule has 1 amide bonds. The van der Waals surface area contributed by atoms with Crippen LogP contribution in [-0.4, -0.2) is 31.5 Å². The van der Waals surface area contributed by atoms with E-state index < -0.39 is 28.0 Å². The lowest BCUT2D eigenvalue weighted by Gasteiger charge is -2.14. The molecule has 4 N–H and O–H groups in total. The summed E-state index contributed by atoms with van der Waals surface area (Å²) >= 11 is 3.17. The molecule has 2 rings (SSSR count). The van der Waals surface area contributed by atoms with E-state index in [2.05, 4.69) is 21.2 Å². The zero-order valence-corrected chi connectivity index (χ0v) is 15.9. The summed E-state index contributed by atoms with van der Waals surface area (Å²) in [6, 6.07) is 9.42. The standard InChI is InChI=1S/C16H15BrN2O6S/c1-9(25-16(22)13-8-10(17)2-7-14(13)20)15(21)19-11-3-5-12(6-4-11)26(18,23)24/h2-9,20H,1H3,(H,19,21)(H2,18,23,24). The largest absolute Gasteiger partial charge is 0.507 e. The van der Waals surface area contributed by atoms with E-state index in [1.165, 1.54) is 43.3 Å². The minimum atomic E-state index is -3.83. The molecule has 0 aliphatic rings. The second-order valence-corrected chi connectivity index (χ2v) is 7.74. The number of rotatable bonds is 5. The quantitative estimate of drug-likeness (QED) is 0.605. The van der Waals surface area contributed by atoms with Crippen LogP contribution in [0.5, 0.6) is 5.75 Å². The zero-order valence-electron chi connectivity index (χ0n) is 13.5. The van der Waals surface area contributed by atoms with Crippen molar-refractivity contribution < 1.29 is 27.9 Å². The molecule has 8 nitrogen and oxygen atoms in total. The average molecular weight is 443 g/mol. The number of hydrogen-bond acceptors (Lipinski definition) is 6. The first kappa shape index (κ1) is 19.9. The Morgan fingerprint density at radius 1 is 1.19 bits per heavy atom. The van der Waals surface area contributed by atoms with Crippen molar-refractivity contribution in [1.29, 1.82) is 0 Å². The number of phenols is 1. The summed E-state index contributed by atoms with van der Waals surface area (Å²) in [5.74, 6) is -1.77. The number of anilines is 1. The van der Waals surface area contributed by atoms with Gasteiger partial charge in [0, 0.05) is 10.2 Å². The van der Waals surface area contributed by atoms with Gasteiger partial charge in [0.15, 0.2) is 6.10 Å². The molecule has 2 aromatic rings. The lowest BCUT2D eigenvalue weighted by Crippen LogP contribution is -2.30. The summed E-state index contributed by atoms with van der Waals surface area (Å²) in [5, 5.41) is 17.2. The summed E-state index contributed by atoms with van der Waals surface area (Å²) < 4.78 is 28.0. The van der Waals surface area contributed by atoms with E-state index in [4.69, 9.17) is 9.88 Å². The molecule has 26 heavy (non-hydrogen) atoms. The third kappa shape index (κ3) is 5.04. The third-order valence-corrected chi connectivity index (χ3v) is 4.70. The minimum absolute atomic E-state index is 0.0865. The lowest BCUT2D eigenvalue weighted by molar-refractivity contribution is -0.123. The van der Waals surface area contributed by atoms with Gasteiger partial charge >= 0.3 is 5.97 Å². The Balaban J connectivity index is 2.03. The molecule has 0 radical (unpaired) electrons. The number of hydrogen-bond donors (Lipinski definition) is 3. The van der Waals surface area contributed by atoms with E-state index in [0.717, 1.165) is 0 Å². The summed E-state index contributed by atoms with van der Waals surface area (Å²) in [4.78, 5) is 24.1. The Morgan fingerprint density at radius 3 is 2.38 bits per heavy atom. The molecule has 10 heteroatoms. The maximum atomic E-state index is 12.1. The van der Waals surface area contributed by atoms with Crippen molar-refractivity contribution >= 4 is 43.5 Å². The first-order valence-corrected chi connectivity index (χ1v) is 9.55. The SMILES string of the molecule is CC(OC(=O)c1cc(Br)ccc1O)C(=O)Nc1ccc(S(N)(=O)=O)cc1. The summed E-state index contributed by atoms with van der Waals surface area (Å²) in [5.41, 5.74) is 0.215. The highest BCUT2D eigenvalue weighted by Gasteiger charge is 2.21. The van der Waals surface area contributed by atoms with Crippen LogP contribution in [0.2, 0.25) is 0 Å². The Morgan fingerprint density at radius 2 is 1.81 bits per heavy atom. The Kier molecular flexibility index (Phi) is 6.01. The maximum absolute atomic E-state index is 12.1. The van der Waals surface area contributed by atoms with Gasteiger partial charge in [-0.15, -0.1) is 0 Å². The zero-order chi connectivity index (χ0) is 19.5. The van der Waals surface area contributed by atoms with Gasteiger partial charge in [-0.25, -0.2) is 18.4 Å². The van der Waals surface area contributed by atoms with Gasteiger partial charge in [-0.05, 0) is 49.4 Å². The fourth-order valence-electron chi connectivity index (χ4n) is 1.92. The van der Waals surface area contributed by atoms with Crippen molar-refractivity contribution in [2.75, 3.05) is 5.32 Å². The normalized spacial score (nSPS) is 12.3. The monoisotopic (exact) mass is 442 g/mol. The first-order valence-electron chi connectivity index (χ1n) is 7.21. The molecule has 0 saturated carbocycles. The molecular formula is C16H15BrN2O6S. The number of aromatic hydroxyl groups is 1. The lowest BCUT2D eigenvalue weighted by atomic mass is 10.2. The van der Waals surface area contributed by atoms with E-state index in [9.17, 15) is 23.1 Å². The molecule has 0 aliphatic heterocycles. The Labute approximate surface area is 158 Å². The van der Waals surface area contributed by atoms with Crippen LogP contribution in [0, 0.1) is 0 Å². The van der Waals surface area contributed by atoms with E-state index in [1.54, 1.807) is 6.07 Å². The molecular weight excluding hydrogens is 428 g/mol. The van der Waals surface area contributed by atoms with Crippen LogP contribution in [0.15, 0.2) is 51.8 Å². The molecule has 138 valence electrons. The molecule has 0 heterocycles. The van der Waals surface area contributed by atoms with E-state index in [0.29, 0.717) is 10.2 Å². The van der Waals surface area contributed by atoms with Crippen LogP contribution in [0.25, 0.3) is 0 Å². The van der Waals surface area contributed by atoms with Crippen molar-refractivity contribution in [2.24, 2.45) is 5.14 Å². The second-order valence-electron chi connectivity index (χ2n) is 5.27. The van der Waals surface area contributed by atoms with Crippen molar-refractivity contribution in [3.05, 3.63) is 52.5 Å². The Hall–Kier alpha value is -2.43. The number of nitrogens with one attached hydrogen (secondary N) is 1. The highest BCUT2D eigenvalue weighted by Crippen LogP contribution is 2.23. The third-order valence-electron chi connectivity index (χ3n) is 3.28. The number of esters is 1. The molecule has 0 aromatic heterocycles. The van der Waals surface area contributed by atoms with Crippen LogP contribution >= 0.6 is 15.9 Å². The van der Waals surface area contributed by atoms with Gasteiger partial charge in [-0.2, -0.15) is 0 Å². The number of amides is 1. The number of carbonyl (C=O) groups is 2. The van der Waals surface area contributed by atoms with Crippen LogP contribution in [-0.2, 0) is 19.6 Å². The fraction of sp³-hybridized carbons (Fsp3) is 0.125. The van der Waals surface area contributed by atoms with Crippen LogP contribution in [0.1, 0.15) is 17.3 Å². The highest BCUT2D eigenvalue weighted by molar-refractivity contribution is 9.10. The topological polar surface area (TPSA) is 136 Å². The van der Waals surface area contributed by atoms with Gasteiger partial charge < -0.3 is 15.2 Å². The fourth-order valence-corrected chi connectivity index (χ4v) is 2.80. The minimum Gasteiger partial charge on any atom is -0.507 e. The van der Waals surface area contributed by atoms with Crippen LogP contribution in [0.4, 0.5) is 5.69 Å². The van der Waals surface area contributed by atoms with Gasteiger partial charge in [0.1, 0.15) is 11.3 Å². The average Bonchev–Trinajstić information content (AvgIpc) is 2.56. The van der Waals surface area contributed by atoms with Crippen molar-refractivity contribution in [3.8, 4) is 5.75 Å². The van der Waals surface area contributed by atoms with Crippen molar-refractivity contribution in [1.82, 2.24) is 0 Å². The number of primary sulfonamides is 1. The van der Waals surface area contributed by atoms with Gasteiger partial charge in [0.05, 0.1) is 4.90 Å². The number of phenolic OH excluding ortho intramolecular Hbond substituents is 1. The van der Waals surface area contributed by atoms with E-state index in [-0.39, 0.29) is 16.2 Å². The Bertz CT molecular complexity index is 944. The van der Waals surface area contributed by atoms with Crippen LogP contribution < -0.4 is 10.5 Å². The summed E-state index contributed by atoms with van der Waals surface area (Å²) in [6.07, 6.45) is -1.15.